The molecule has 4 nitrogen and oxygen atoms in total. The summed E-state index contributed by atoms with van der Waals surface area (Å²) in [6.07, 6.45) is 3.60. The van der Waals surface area contributed by atoms with E-state index < -0.39 is 0 Å². The van der Waals surface area contributed by atoms with Crippen molar-refractivity contribution in [2.24, 2.45) is 0 Å². The lowest BCUT2D eigenvalue weighted by atomic mass is 9.96. The standard InChI is InChI=1S/C52H32N4S/c1-2-11-36-29-39(23-20-33(36)10-1)40-24-25-44-43(30-40)50-42-14-3-4-17-49(42)57-52(50)51(56-44)35-21-18-34(19-22-35)37-12-9-13-38(28-37)41-31-47(45-15-5-7-26-53-45)55-48(32-41)46-16-6-8-27-54-46/h1-32H. The van der Waals surface area contributed by atoms with Crippen molar-refractivity contribution in [3.63, 3.8) is 0 Å². The molecule has 0 amide bonds. The van der Waals surface area contributed by atoms with Gasteiger partial charge in [0.25, 0.3) is 0 Å². The van der Waals surface area contributed by atoms with Crippen LogP contribution >= 0.6 is 11.3 Å². The largest absolute Gasteiger partial charge is 0.255 e. The molecule has 0 aliphatic heterocycles. The van der Waals surface area contributed by atoms with Crippen molar-refractivity contribution in [3.8, 4) is 67.4 Å². The molecule has 6 aromatic carbocycles. The summed E-state index contributed by atoms with van der Waals surface area (Å²) in [7, 11) is 0. The maximum absolute atomic E-state index is 5.37. The highest BCUT2D eigenvalue weighted by atomic mass is 32.1. The van der Waals surface area contributed by atoms with Crippen molar-refractivity contribution in [1.29, 1.82) is 0 Å². The molecular formula is C52H32N4S. The number of hydrogen-bond donors (Lipinski definition) is 0. The molecule has 11 rings (SSSR count). The molecule has 0 aliphatic rings. The number of nitrogens with zero attached hydrogens (tertiary/aromatic N) is 4. The SMILES string of the molecule is c1ccc(-c2cc(-c3cccc(-c4ccc(-c5nc6ccc(-c7ccc8ccccc8c7)cc6c6c5sc5ccccc56)cc4)c3)cc(-c3ccccn3)n2)nc1. The van der Waals surface area contributed by atoms with Gasteiger partial charge in [0.15, 0.2) is 0 Å². The summed E-state index contributed by atoms with van der Waals surface area (Å²) >= 11 is 1.82. The molecule has 0 unspecified atom stereocenters. The van der Waals surface area contributed by atoms with Gasteiger partial charge in [-0.15, -0.1) is 11.3 Å². The van der Waals surface area contributed by atoms with Gasteiger partial charge in [-0.25, -0.2) is 9.97 Å². The van der Waals surface area contributed by atoms with Gasteiger partial charge in [-0.3, -0.25) is 9.97 Å². The lowest BCUT2D eigenvalue weighted by molar-refractivity contribution is 1.22. The second-order valence-corrected chi connectivity index (χ2v) is 15.3. The van der Waals surface area contributed by atoms with Crippen LogP contribution in [0.4, 0.5) is 0 Å². The molecule has 5 heterocycles. The number of pyridine rings is 4. The zero-order valence-electron chi connectivity index (χ0n) is 30.7. The monoisotopic (exact) mass is 744 g/mol. The van der Waals surface area contributed by atoms with E-state index in [1.807, 2.05) is 47.7 Å². The molecule has 5 aromatic heterocycles. The Kier molecular flexibility index (Phi) is 7.97. The fourth-order valence-corrected chi connectivity index (χ4v) is 9.14. The topological polar surface area (TPSA) is 51.6 Å². The van der Waals surface area contributed by atoms with E-state index in [-0.39, 0.29) is 0 Å². The molecule has 11 aromatic rings. The molecule has 57 heavy (non-hydrogen) atoms. The van der Waals surface area contributed by atoms with Crippen LogP contribution in [0.25, 0.3) is 109 Å². The first-order chi connectivity index (χ1) is 28.2. The third-order valence-corrected chi connectivity index (χ3v) is 11.9. The number of rotatable bonds is 6. The minimum Gasteiger partial charge on any atom is -0.255 e. The summed E-state index contributed by atoms with van der Waals surface area (Å²) in [4.78, 5) is 19.5. The number of hydrogen-bond acceptors (Lipinski definition) is 5. The first kappa shape index (κ1) is 33.0. The first-order valence-electron chi connectivity index (χ1n) is 19.0. The average Bonchev–Trinajstić information content (AvgIpc) is 3.69. The molecule has 0 bridgehead atoms. The molecule has 5 heteroatoms. The maximum atomic E-state index is 5.37. The van der Waals surface area contributed by atoms with Gasteiger partial charge in [0.05, 0.1) is 38.7 Å². The van der Waals surface area contributed by atoms with Gasteiger partial charge < -0.3 is 0 Å². The Morgan fingerprint density at radius 1 is 0.351 bits per heavy atom. The summed E-state index contributed by atoms with van der Waals surface area (Å²) in [6, 6.07) is 64.3. The van der Waals surface area contributed by atoms with E-state index in [0.29, 0.717) is 0 Å². The van der Waals surface area contributed by atoms with Crippen molar-refractivity contribution in [3.05, 3.63) is 194 Å². The summed E-state index contributed by atoms with van der Waals surface area (Å²) in [5.41, 5.74) is 13.2. The Balaban J connectivity index is 0.987. The molecule has 0 saturated heterocycles. The Bertz CT molecular complexity index is 3230. The van der Waals surface area contributed by atoms with E-state index >= 15 is 0 Å². The predicted molar refractivity (Wildman–Crippen MR) is 238 cm³/mol. The lowest BCUT2D eigenvalue weighted by Gasteiger charge is -2.12. The van der Waals surface area contributed by atoms with Crippen molar-refractivity contribution < 1.29 is 0 Å². The van der Waals surface area contributed by atoms with Crippen LogP contribution in [0.15, 0.2) is 194 Å². The van der Waals surface area contributed by atoms with Crippen LogP contribution in [-0.4, -0.2) is 19.9 Å². The molecule has 266 valence electrons. The molecule has 0 fully saturated rings. The van der Waals surface area contributed by atoms with E-state index in [4.69, 9.17) is 9.97 Å². The number of aromatic nitrogens is 4. The zero-order valence-corrected chi connectivity index (χ0v) is 31.5. The molecular weight excluding hydrogens is 713 g/mol. The van der Waals surface area contributed by atoms with Crippen molar-refractivity contribution in [2.75, 3.05) is 0 Å². The fourth-order valence-electron chi connectivity index (χ4n) is 7.92. The van der Waals surface area contributed by atoms with Gasteiger partial charge >= 0.3 is 0 Å². The highest BCUT2D eigenvalue weighted by Gasteiger charge is 2.18. The van der Waals surface area contributed by atoms with Gasteiger partial charge in [0.2, 0.25) is 0 Å². The average molecular weight is 745 g/mol. The summed E-state index contributed by atoms with van der Waals surface area (Å²) in [5, 5.41) is 6.20. The van der Waals surface area contributed by atoms with Crippen LogP contribution in [0.2, 0.25) is 0 Å². The quantitative estimate of drug-likeness (QED) is 0.170. The highest BCUT2D eigenvalue weighted by molar-refractivity contribution is 7.26. The Morgan fingerprint density at radius 2 is 0.965 bits per heavy atom. The summed E-state index contributed by atoms with van der Waals surface area (Å²) in [6.45, 7) is 0. The normalized spacial score (nSPS) is 11.5. The second-order valence-electron chi connectivity index (χ2n) is 14.3. The Labute approximate surface area is 333 Å². The van der Waals surface area contributed by atoms with Gasteiger partial charge in [0, 0.05) is 38.8 Å². The third-order valence-electron chi connectivity index (χ3n) is 10.8. The maximum Gasteiger partial charge on any atom is 0.0900 e. The van der Waals surface area contributed by atoms with E-state index in [9.17, 15) is 0 Å². The molecule has 0 atom stereocenters. The van der Waals surface area contributed by atoms with Crippen molar-refractivity contribution in [1.82, 2.24) is 19.9 Å². The first-order valence-corrected chi connectivity index (χ1v) is 19.8. The van der Waals surface area contributed by atoms with Gasteiger partial charge in [-0.1, -0.05) is 115 Å². The number of thiophene rings is 1. The van der Waals surface area contributed by atoms with Crippen LogP contribution in [0.1, 0.15) is 0 Å². The van der Waals surface area contributed by atoms with Gasteiger partial charge in [0.1, 0.15) is 0 Å². The molecule has 0 radical (unpaired) electrons. The van der Waals surface area contributed by atoms with Crippen LogP contribution in [0.3, 0.4) is 0 Å². The van der Waals surface area contributed by atoms with Crippen LogP contribution in [-0.2, 0) is 0 Å². The second kappa shape index (κ2) is 13.7. The Morgan fingerprint density at radius 3 is 1.72 bits per heavy atom. The van der Waals surface area contributed by atoms with E-state index in [1.165, 1.54) is 47.5 Å². The Hall–Kier alpha value is -7.34. The molecule has 0 aliphatic carbocycles. The molecule has 0 N–H and O–H groups in total. The third kappa shape index (κ3) is 6.02. The fraction of sp³-hybridized carbons (Fsp3) is 0. The van der Waals surface area contributed by atoms with Gasteiger partial charge in [-0.2, -0.15) is 0 Å². The van der Waals surface area contributed by atoms with E-state index in [0.717, 1.165) is 61.8 Å². The van der Waals surface area contributed by atoms with E-state index in [1.54, 1.807) is 12.4 Å². The van der Waals surface area contributed by atoms with Crippen molar-refractivity contribution in [2.45, 2.75) is 0 Å². The number of benzene rings is 6. The van der Waals surface area contributed by atoms with Crippen LogP contribution in [0.5, 0.6) is 0 Å². The summed E-state index contributed by atoms with van der Waals surface area (Å²) in [5.74, 6) is 0. The van der Waals surface area contributed by atoms with Crippen molar-refractivity contribution >= 4 is 53.2 Å². The minimum atomic E-state index is 0.809. The minimum absolute atomic E-state index is 0.809. The lowest BCUT2D eigenvalue weighted by Crippen LogP contribution is -1.94. The van der Waals surface area contributed by atoms with Crippen LogP contribution in [0, 0.1) is 0 Å². The summed E-state index contributed by atoms with van der Waals surface area (Å²) < 4.78 is 2.47. The van der Waals surface area contributed by atoms with E-state index in [2.05, 4.69) is 156 Å². The van der Waals surface area contributed by atoms with Crippen LogP contribution < -0.4 is 0 Å². The molecule has 0 saturated carbocycles. The smallest absolute Gasteiger partial charge is 0.0900 e. The predicted octanol–water partition coefficient (Wildman–Crippen LogP) is 13.9. The number of fused-ring (bicyclic) bond motifs is 6. The zero-order chi connectivity index (χ0) is 37.7. The molecule has 0 spiro atoms. The van der Waals surface area contributed by atoms with Gasteiger partial charge in [-0.05, 0) is 111 Å². The highest BCUT2D eigenvalue weighted by Crippen LogP contribution is 2.44.